The highest BCUT2D eigenvalue weighted by Crippen LogP contribution is 2.50. The SMILES string of the molecule is C[C@@H]1CC[C@@H]2[C@@H](C1)c1c([nH]c(=O)n(-c3ccccc3)c1=O)OC2(C)C. The number of ether oxygens (including phenoxy) is 1. The molecule has 5 nitrogen and oxygen atoms in total. The Morgan fingerprint density at radius 3 is 2.60 bits per heavy atom. The second-order valence-electron chi connectivity index (χ2n) is 7.99. The van der Waals surface area contributed by atoms with Crippen molar-refractivity contribution in [2.24, 2.45) is 11.8 Å². The lowest BCUT2D eigenvalue weighted by Gasteiger charge is -2.47. The van der Waals surface area contributed by atoms with E-state index in [2.05, 4.69) is 25.8 Å². The van der Waals surface area contributed by atoms with Gasteiger partial charge in [0.2, 0.25) is 5.88 Å². The number of aromatic amines is 1. The number of para-hydroxylation sites is 1. The van der Waals surface area contributed by atoms with Gasteiger partial charge in [-0.3, -0.25) is 9.78 Å². The minimum atomic E-state index is -0.451. The number of nitrogens with one attached hydrogen (secondary N) is 1. The van der Waals surface area contributed by atoms with E-state index < -0.39 is 5.69 Å². The maximum atomic E-state index is 13.3. The molecular formula is C20H24N2O3. The molecule has 2 heterocycles. The van der Waals surface area contributed by atoms with Crippen LogP contribution < -0.4 is 16.0 Å². The largest absolute Gasteiger partial charge is 0.472 e. The molecule has 0 bridgehead atoms. The van der Waals surface area contributed by atoms with Crippen LogP contribution in [0.25, 0.3) is 5.69 Å². The second-order valence-corrected chi connectivity index (χ2v) is 7.99. The zero-order valence-corrected chi connectivity index (χ0v) is 14.9. The normalized spacial score (nSPS) is 27.1. The molecule has 1 aromatic heterocycles. The van der Waals surface area contributed by atoms with E-state index in [4.69, 9.17) is 4.74 Å². The fraction of sp³-hybridized carbons (Fsp3) is 0.500. The van der Waals surface area contributed by atoms with Crippen molar-refractivity contribution in [1.29, 1.82) is 0 Å². The number of rotatable bonds is 1. The Bertz CT molecular complexity index is 911. The van der Waals surface area contributed by atoms with Crippen LogP contribution in [0.4, 0.5) is 0 Å². The summed E-state index contributed by atoms with van der Waals surface area (Å²) in [5, 5.41) is 0. The van der Waals surface area contributed by atoms with Gasteiger partial charge in [0.05, 0.1) is 11.3 Å². The fourth-order valence-electron chi connectivity index (χ4n) is 4.62. The van der Waals surface area contributed by atoms with E-state index in [1.54, 1.807) is 12.1 Å². The number of hydrogen-bond donors (Lipinski definition) is 1. The second kappa shape index (κ2) is 5.61. The third-order valence-corrected chi connectivity index (χ3v) is 5.86. The molecule has 1 N–H and O–H groups in total. The van der Waals surface area contributed by atoms with Crippen LogP contribution in [-0.4, -0.2) is 15.2 Å². The van der Waals surface area contributed by atoms with Crippen LogP contribution >= 0.6 is 0 Å². The van der Waals surface area contributed by atoms with Crippen molar-refractivity contribution < 1.29 is 4.74 Å². The van der Waals surface area contributed by atoms with Crippen molar-refractivity contribution in [2.45, 2.75) is 51.6 Å². The van der Waals surface area contributed by atoms with E-state index in [1.165, 1.54) is 4.57 Å². The number of fused-ring (bicyclic) bond motifs is 3. The van der Waals surface area contributed by atoms with E-state index in [0.717, 1.165) is 19.3 Å². The quantitative estimate of drug-likeness (QED) is 0.867. The van der Waals surface area contributed by atoms with Gasteiger partial charge in [0.15, 0.2) is 0 Å². The summed E-state index contributed by atoms with van der Waals surface area (Å²) in [4.78, 5) is 28.7. The summed E-state index contributed by atoms with van der Waals surface area (Å²) in [7, 11) is 0. The van der Waals surface area contributed by atoms with E-state index >= 15 is 0 Å². The van der Waals surface area contributed by atoms with Crippen LogP contribution in [0.1, 0.15) is 51.5 Å². The molecule has 25 heavy (non-hydrogen) atoms. The number of aromatic nitrogens is 2. The molecule has 1 saturated carbocycles. The van der Waals surface area contributed by atoms with Crippen molar-refractivity contribution in [3.63, 3.8) is 0 Å². The average molecular weight is 340 g/mol. The van der Waals surface area contributed by atoms with Crippen LogP contribution in [0.15, 0.2) is 39.9 Å². The summed E-state index contributed by atoms with van der Waals surface area (Å²) < 4.78 is 7.34. The molecule has 0 radical (unpaired) electrons. The minimum Gasteiger partial charge on any atom is -0.472 e. The molecule has 132 valence electrons. The van der Waals surface area contributed by atoms with Crippen molar-refractivity contribution in [3.05, 3.63) is 56.7 Å². The Balaban J connectivity index is 1.95. The van der Waals surface area contributed by atoms with Crippen LogP contribution in [0, 0.1) is 11.8 Å². The van der Waals surface area contributed by atoms with Gasteiger partial charge in [-0.1, -0.05) is 31.5 Å². The first-order valence-corrected chi connectivity index (χ1v) is 9.02. The number of benzene rings is 1. The number of H-pyrrole nitrogens is 1. The molecule has 2 aliphatic rings. The van der Waals surface area contributed by atoms with Gasteiger partial charge in [0.25, 0.3) is 5.56 Å². The van der Waals surface area contributed by atoms with E-state index in [0.29, 0.717) is 29.0 Å². The maximum absolute atomic E-state index is 13.3. The summed E-state index contributed by atoms with van der Waals surface area (Å²) >= 11 is 0. The summed E-state index contributed by atoms with van der Waals surface area (Å²) in [5.74, 6) is 1.35. The smallest absolute Gasteiger partial charge is 0.335 e. The van der Waals surface area contributed by atoms with Gasteiger partial charge >= 0.3 is 5.69 Å². The Kier molecular flexibility index (Phi) is 3.63. The highest BCUT2D eigenvalue weighted by molar-refractivity contribution is 5.38. The van der Waals surface area contributed by atoms with Crippen LogP contribution in [0.3, 0.4) is 0 Å². The van der Waals surface area contributed by atoms with E-state index in [1.807, 2.05) is 18.2 Å². The van der Waals surface area contributed by atoms with Gasteiger partial charge in [-0.25, -0.2) is 9.36 Å². The molecule has 3 atom stereocenters. The Morgan fingerprint density at radius 1 is 1.16 bits per heavy atom. The van der Waals surface area contributed by atoms with Gasteiger partial charge in [0.1, 0.15) is 5.60 Å². The van der Waals surface area contributed by atoms with Crippen molar-refractivity contribution in [1.82, 2.24) is 9.55 Å². The van der Waals surface area contributed by atoms with Gasteiger partial charge in [-0.2, -0.15) is 0 Å². The predicted octanol–water partition coefficient (Wildman–Crippen LogP) is 3.22. The third kappa shape index (κ3) is 2.53. The molecule has 1 aliphatic carbocycles. The molecular weight excluding hydrogens is 316 g/mol. The lowest BCUT2D eigenvalue weighted by atomic mass is 9.65. The van der Waals surface area contributed by atoms with E-state index in [9.17, 15) is 9.59 Å². The molecule has 5 heteroatoms. The summed E-state index contributed by atoms with van der Waals surface area (Å²) in [6.07, 6.45) is 3.15. The molecule has 1 aliphatic heterocycles. The van der Waals surface area contributed by atoms with Crippen molar-refractivity contribution in [3.8, 4) is 11.6 Å². The molecule has 4 rings (SSSR count). The van der Waals surface area contributed by atoms with Gasteiger partial charge in [-0.05, 0) is 44.7 Å². The molecule has 0 amide bonds. The van der Waals surface area contributed by atoms with Crippen molar-refractivity contribution >= 4 is 0 Å². The molecule has 0 saturated heterocycles. The number of nitrogens with zero attached hydrogens (tertiary/aromatic N) is 1. The predicted molar refractivity (Wildman–Crippen MR) is 96.6 cm³/mol. The first-order chi connectivity index (χ1) is 11.9. The minimum absolute atomic E-state index is 0.127. The zero-order chi connectivity index (χ0) is 17.8. The average Bonchev–Trinajstić information content (AvgIpc) is 2.54. The standard InChI is InChI=1S/C20H24N2O3/c1-12-9-10-15-14(11-12)16-17(25-20(15,2)3)21-19(24)22(18(16)23)13-7-5-4-6-8-13/h4-8,12,14-15H,9-11H2,1-3H3,(H,21,24)/t12-,14-,15-/m1/s1. The zero-order valence-electron chi connectivity index (χ0n) is 14.9. The van der Waals surface area contributed by atoms with Crippen LogP contribution in [-0.2, 0) is 0 Å². The monoisotopic (exact) mass is 340 g/mol. The van der Waals surface area contributed by atoms with Gasteiger partial charge in [-0.15, -0.1) is 0 Å². The first-order valence-electron chi connectivity index (χ1n) is 9.02. The Labute approximate surface area is 146 Å². The number of hydrogen-bond acceptors (Lipinski definition) is 3. The highest BCUT2D eigenvalue weighted by atomic mass is 16.5. The van der Waals surface area contributed by atoms with E-state index in [-0.39, 0.29) is 17.1 Å². The van der Waals surface area contributed by atoms with Crippen LogP contribution in [0.2, 0.25) is 0 Å². The molecule has 1 aromatic carbocycles. The fourth-order valence-corrected chi connectivity index (χ4v) is 4.62. The molecule has 1 fully saturated rings. The third-order valence-electron chi connectivity index (χ3n) is 5.86. The lowest BCUT2D eigenvalue weighted by Crippen LogP contribution is -2.51. The van der Waals surface area contributed by atoms with Gasteiger partial charge < -0.3 is 4.74 Å². The summed E-state index contributed by atoms with van der Waals surface area (Å²) in [6.45, 7) is 6.36. The van der Waals surface area contributed by atoms with Crippen molar-refractivity contribution in [2.75, 3.05) is 0 Å². The molecule has 2 aromatic rings. The Hall–Kier alpha value is -2.30. The van der Waals surface area contributed by atoms with Crippen LogP contribution in [0.5, 0.6) is 5.88 Å². The first kappa shape index (κ1) is 16.2. The highest BCUT2D eigenvalue weighted by Gasteiger charge is 2.48. The maximum Gasteiger partial charge on any atom is 0.335 e. The molecule has 0 spiro atoms. The summed E-state index contributed by atoms with van der Waals surface area (Å²) in [6, 6.07) is 9.07. The topological polar surface area (TPSA) is 64.1 Å². The Morgan fingerprint density at radius 2 is 1.88 bits per heavy atom. The van der Waals surface area contributed by atoms with Gasteiger partial charge in [0, 0.05) is 11.8 Å². The summed E-state index contributed by atoms with van der Waals surface area (Å²) in [5.41, 5.74) is 0.144. The molecule has 0 unspecified atom stereocenters. The lowest BCUT2D eigenvalue weighted by molar-refractivity contribution is -0.0190.